The third kappa shape index (κ3) is 5.87. The van der Waals surface area contributed by atoms with Gasteiger partial charge in [0.1, 0.15) is 5.52 Å². The molecule has 1 saturated carbocycles. The van der Waals surface area contributed by atoms with Crippen LogP contribution in [-0.4, -0.2) is 27.1 Å². The fourth-order valence-corrected chi connectivity index (χ4v) is 4.35. The van der Waals surface area contributed by atoms with Crippen molar-refractivity contribution in [2.45, 2.75) is 39.5 Å². The van der Waals surface area contributed by atoms with E-state index in [1.54, 1.807) is 0 Å². The first-order valence-corrected chi connectivity index (χ1v) is 11.6. The van der Waals surface area contributed by atoms with Crippen LogP contribution in [0, 0.1) is 19.8 Å². The Bertz CT molecular complexity index is 1290. The average Bonchev–Trinajstić information content (AvgIpc) is 3.49. The summed E-state index contributed by atoms with van der Waals surface area (Å²) in [6.45, 7) is 4.15. The lowest BCUT2D eigenvalue weighted by atomic mass is 9.94. The molecule has 5 rings (SSSR count). The van der Waals surface area contributed by atoms with E-state index in [1.165, 1.54) is 24.0 Å². The van der Waals surface area contributed by atoms with Gasteiger partial charge in [-0.15, -0.1) is 0 Å². The number of hydrogen-bond donors (Lipinski definition) is 3. The molecule has 7 heteroatoms. The highest BCUT2D eigenvalue weighted by Gasteiger charge is 2.23. The van der Waals surface area contributed by atoms with Crippen molar-refractivity contribution < 1.29 is 24.2 Å². The minimum Gasteiger partial charge on any atom is -0.450 e. The first-order valence-electron chi connectivity index (χ1n) is 11.6. The zero-order chi connectivity index (χ0) is 24.9. The first-order chi connectivity index (χ1) is 16.8. The highest BCUT2D eigenvalue weighted by atomic mass is 16.6. The van der Waals surface area contributed by atoms with E-state index in [0.717, 1.165) is 46.3 Å². The van der Waals surface area contributed by atoms with Crippen molar-refractivity contribution in [3.63, 3.8) is 0 Å². The number of benzene rings is 3. The Morgan fingerprint density at radius 1 is 0.886 bits per heavy atom. The first kappa shape index (κ1) is 24.0. The van der Waals surface area contributed by atoms with E-state index in [0.29, 0.717) is 11.8 Å². The van der Waals surface area contributed by atoms with Crippen molar-refractivity contribution in [2.24, 2.45) is 5.92 Å². The van der Waals surface area contributed by atoms with Crippen molar-refractivity contribution in [3.05, 3.63) is 77.4 Å². The number of carbonyl (C=O) groups is 2. The number of anilines is 2. The Morgan fingerprint density at radius 3 is 2.03 bits per heavy atom. The van der Waals surface area contributed by atoms with Crippen LogP contribution < -0.4 is 5.32 Å². The lowest BCUT2D eigenvalue weighted by Crippen LogP contribution is -2.10. The van der Waals surface area contributed by atoms with E-state index in [9.17, 15) is 4.79 Å². The maximum absolute atomic E-state index is 12.6. The molecule has 1 heterocycles. The molecule has 1 aromatic heterocycles. The summed E-state index contributed by atoms with van der Waals surface area (Å²) >= 11 is 0. The minimum atomic E-state index is -1.83. The van der Waals surface area contributed by atoms with Gasteiger partial charge in [-0.3, -0.25) is 4.79 Å². The van der Waals surface area contributed by atoms with Crippen molar-refractivity contribution in [3.8, 4) is 11.1 Å². The quantitative estimate of drug-likeness (QED) is 0.259. The van der Waals surface area contributed by atoms with Crippen LogP contribution in [0.1, 0.15) is 47.2 Å². The summed E-state index contributed by atoms with van der Waals surface area (Å²) in [5, 5.41) is 17.2. The molecule has 35 heavy (non-hydrogen) atoms. The standard InChI is InChI=1S/C27H26N2O2.CH2O3/c1-17-15-24-25(16-18(17)2)31-27(29-24)28-23-13-11-20(12-14-23)19-7-9-22(10-8-19)26(30)21-5-3-4-6-21;2-1(3)4/h7-16,21H,3-6H2,1-2H3,(H,28,29);(H2,2,3,4). The van der Waals surface area contributed by atoms with Gasteiger partial charge < -0.3 is 19.9 Å². The Kier molecular flexibility index (Phi) is 7.15. The second-order valence-corrected chi connectivity index (χ2v) is 8.83. The molecule has 0 spiro atoms. The van der Waals surface area contributed by atoms with Crippen LogP contribution >= 0.6 is 0 Å². The normalized spacial score (nSPS) is 13.3. The van der Waals surface area contributed by atoms with Gasteiger partial charge in [0.2, 0.25) is 0 Å². The second kappa shape index (κ2) is 10.4. The lowest BCUT2D eigenvalue weighted by Gasteiger charge is -2.09. The van der Waals surface area contributed by atoms with E-state index in [2.05, 4.69) is 36.3 Å². The molecular weight excluding hydrogens is 444 g/mol. The number of nitrogens with one attached hydrogen (secondary N) is 1. The van der Waals surface area contributed by atoms with E-state index >= 15 is 0 Å². The maximum atomic E-state index is 12.6. The van der Waals surface area contributed by atoms with Crippen LogP contribution in [0.25, 0.3) is 22.2 Å². The molecule has 0 bridgehead atoms. The number of carbonyl (C=O) groups excluding carboxylic acids is 1. The van der Waals surface area contributed by atoms with Crippen LogP contribution in [-0.2, 0) is 0 Å². The number of ketones is 1. The number of rotatable bonds is 5. The molecule has 0 unspecified atom stereocenters. The van der Waals surface area contributed by atoms with Gasteiger partial charge in [0, 0.05) is 17.2 Å². The molecule has 0 amide bonds. The third-order valence-electron chi connectivity index (χ3n) is 6.37. The van der Waals surface area contributed by atoms with Gasteiger partial charge >= 0.3 is 6.16 Å². The molecule has 7 nitrogen and oxygen atoms in total. The molecule has 1 aliphatic rings. The molecule has 4 aromatic rings. The monoisotopic (exact) mass is 472 g/mol. The van der Waals surface area contributed by atoms with Crippen molar-refractivity contribution >= 4 is 34.7 Å². The van der Waals surface area contributed by atoms with Crippen molar-refractivity contribution in [2.75, 3.05) is 5.32 Å². The molecular formula is C28H28N2O5. The Balaban J connectivity index is 0.000000672. The maximum Gasteiger partial charge on any atom is 0.503 e. The zero-order valence-electron chi connectivity index (χ0n) is 19.7. The Hall–Kier alpha value is -4.13. The largest absolute Gasteiger partial charge is 0.503 e. The van der Waals surface area contributed by atoms with Gasteiger partial charge in [0.15, 0.2) is 11.4 Å². The smallest absolute Gasteiger partial charge is 0.450 e. The Morgan fingerprint density at radius 2 is 1.43 bits per heavy atom. The third-order valence-corrected chi connectivity index (χ3v) is 6.37. The van der Waals surface area contributed by atoms with E-state index < -0.39 is 6.16 Å². The summed E-state index contributed by atoms with van der Waals surface area (Å²) in [5.74, 6) is 0.517. The number of Topliss-reactive ketones (excluding diaryl/α,β-unsaturated/α-hetero) is 1. The summed E-state index contributed by atoms with van der Waals surface area (Å²) < 4.78 is 5.85. The zero-order valence-corrected chi connectivity index (χ0v) is 19.7. The lowest BCUT2D eigenvalue weighted by molar-refractivity contribution is 0.0922. The molecule has 3 N–H and O–H groups in total. The molecule has 0 atom stereocenters. The highest BCUT2D eigenvalue weighted by Crippen LogP contribution is 2.30. The number of nitrogens with zero attached hydrogens (tertiary/aromatic N) is 1. The average molecular weight is 473 g/mol. The van der Waals surface area contributed by atoms with Crippen LogP contribution in [0.5, 0.6) is 0 Å². The molecule has 1 aliphatic carbocycles. The molecule has 180 valence electrons. The topological polar surface area (TPSA) is 113 Å². The van der Waals surface area contributed by atoms with Crippen LogP contribution in [0.15, 0.2) is 65.1 Å². The highest BCUT2D eigenvalue weighted by molar-refractivity contribution is 5.98. The summed E-state index contributed by atoms with van der Waals surface area (Å²) in [6, 6.07) is 20.7. The SMILES string of the molecule is Cc1cc2nc(Nc3ccc(-c4ccc(C(=O)C5CCCC5)cc4)cc3)oc2cc1C.O=C(O)O. The van der Waals surface area contributed by atoms with Crippen LogP contribution in [0.3, 0.4) is 0 Å². The summed E-state index contributed by atoms with van der Waals surface area (Å²) in [7, 11) is 0. The van der Waals surface area contributed by atoms with Crippen LogP contribution in [0.2, 0.25) is 0 Å². The number of aryl methyl sites for hydroxylation is 2. The molecule has 0 aliphatic heterocycles. The summed E-state index contributed by atoms with van der Waals surface area (Å²) in [4.78, 5) is 25.7. The predicted octanol–water partition coefficient (Wildman–Crippen LogP) is 7.45. The molecule has 3 aromatic carbocycles. The summed E-state index contributed by atoms with van der Waals surface area (Å²) in [5.41, 5.74) is 7.98. The van der Waals surface area contributed by atoms with Gasteiger partial charge in [-0.1, -0.05) is 49.2 Å². The van der Waals surface area contributed by atoms with E-state index in [1.807, 2.05) is 48.5 Å². The van der Waals surface area contributed by atoms with E-state index in [-0.39, 0.29) is 5.92 Å². The number of fused-ring (bicyclic) bond motifs is 1. The van der Waals surface area contributed by atoms with E-state index in [4.69, 9.17) is 19.4 Å². The molecule has 1 fully saturated rings. The minimum absolute atomic E-state index is 0.218. The second-order valence-electron chi connectivity index (χ2n) is 8.83. The van der Waals surface area contributed by atoms with Crippen molar-refractivity contribution in [1.82, 2.24) is 4.98 Å². The van der Waals surface area contributed by atoms with Gasteiger partial charge in [-0.05, 0) is 73.2 Å². The van der Waals surface area contributed by atoms with Gasteiger partial charge in [0.05, 0.1) is 0 Å². The molecule has 0 saturated heterocycles. The van der Waals surface area contributed by atoms with Crippen molar-refractivity contribution in [1.29, 1.82) is 0 Å². The number of carboxylic acid groups (broad SMARTS) is 2. The fourth-order valence-electron chi connectivity index (χ4n) is 4.35. The predicted molar refractivity (Wildman–Crippen MR) is 136 cm³/mol. The fraction of sp³-hybridized carbons (Fsp3) is 0.250. The summed E-state index contributed by atoms with van der Waals surface area (Å²) in [6.07, 6.45) is 2.60. The Labute approximate surface area is 203 Å². The van der Waals surface area contributed by atoms with Crippen LogP contribution in [0.4, 0.5) is 16.5 Å². The number of aromatic nitrogens is 1. The van der Waals surface area contributed by atoms with Gasteiger partial charge in [0.25, 0.3) is 6.01 Å². The molecule has 0 radical (unpaired) electrons. The van der Waals surface area contributed by atoms with Gasteiger partial charge in [-0.25, -0.2) is 4.79 Å². The number of oxazole rings is 1. The van der Waals surface area contributed by atoms with Gasteiger partial charge in [-0.2, -0.15) is 4.98 Å². The number of hydrogen-bond acceptors (Lipinski definition) is 5.